The highest BCUT2D eigenvalue weighted by molar-refractivity contribution is 7.17. The van der Waals surface area contributed by atoms with Crippen molar-refractivity contribution in [3.8, 4) is 11.8 Å². The molecular weight excluding hydrogens is 374 g/mol. The van der Waals surface area contributed by atoms with E-state index in [2.05, 4.69) is 12.2 Å². The Labute approximate surface area is 167 Å². The van der Waals surface area contributed by atoms with Crippen molar-refractivity contribution in [1.29, 1.82) is 5.26 Å². The molecule has 1 aliphatic carbocycles. The summed E-state index contributed by atoms with van der Waals surface area (Å²) in [6.07, 6.45) is 4.11. The van der Waals surface area contributed by atoms with Crippen LogP contribution in [0.15, 0.2) is 29.8 Å². The molecule has 0 bridgehead atoms. The number of carbonyl (C=O) groups is 2. The monoisotopic (exact) mass is 395 g/mol. The summed E-state index contributed by atoms with van der Waals surface area (Å²) in [5.74, 6) is 0.0946. The van der Waals surface area contributed by atoms with Gasteiger partial charge in [0.2, 0.25) is 0 Å². The maximum atomic E-state index is 12.7. The van der Waals surface area contributed by atoms with Crippen molar-refractivity contribution in [2.75, 3.05) is 12.4 Å². The first kappa shape index (κ1) is 19.6. The molecule has 0 saturated heterocycles. The highest BCUT2D eigenvalue weighted by Gasteiger charge is 2.27. The molecular formula is C21H21N3O3S. The van der Waals surface area contributed by atoms with Crippen molar-refractivity contribution in [1.82, 2.24) is 0 Å². The highest BCUT2D eigenvalue weighted by atomic mass is 32.1. The van der Waals surface area contributed by atoms with Gasteiger partial charge in [0.1, 0.15) is 22.4 Å². The quantitative estimate of drug-likeness (QED) is 0.597. The molecule has 0 aliphatic heterocycles. The van der Waals surface area contributed by atoms with Crippen LogP contribution in [0.2, 0.25) is 0 Å². The second-order valence-corrected chi connectivity index (χ2v) is 7.92. The van der Waals surface area contributed by atoms with E-state index in [9.17, 15) is 14.9 Å². The predicted molar refractivity (Wildman–Crippen MR) is 109 cm³/mol. The Balaban J connectivity index is 1.87. The molecule has 1 aliphatic rings. The number of nitrogens with one attached hydrogen (secondary N) is 1. The molecule has 3 N–H and O–H groups in total. The fourth-order valence-electron chi connectivity index (χ4n) is 3.29. The van der Waals surface area contributed by atoms with Crippen molar-refractivity contribution >= 4 is 34.2 Å². The number of ether oxygens (including phenoxy) is 1. The van der Waals surface area contributed by atoms with Gasteiger partial charge in [-0.1, -0.05) is 19.1 Å². The standard InChI is InChI=1S/C21H21N3O3S/c1-12-3-8-16-17(9-12)28-21(18(16)19(23)25)24-20(26)14(11-22)10-13-4-6-15(27-2)7-5-13/h4-7,10,12H,3,8-9H2,1-2H3,(H2,23,25)(H,24,26)/b14-10-/t12-/m1/s1. The lowest BCUT2D eigenvalue weighted by atomic mass is 9.88. The molecule has 144 valence electrons. The Morgan fingerprint density at radius 3 is 2.68 bits per heavy atom. The molecule has 1 heterocycles. The third kappa shape index (κ3) is 4.07. The highest BCUT2D eigenvalue weighted by Crippen LogP contribution is 2.39. The number of primary amides is 1. The van der Waals surface area contributed by atoms with Gasteiger partial charge in [-0.3, -0.25) is 9.59 Å². The number of rotatable bonds is 5. The minimum atomic E-state index is -0.563. The average Bonchev–Trinajstić information content (AvgIpc) is 3.03. The lowest BCUT2D eigenvalue weighted by molar-refractivity contribution is -0.112. The third-order valence-electron chi connectivity index (χ3n) is 4.78. The van der Waals surface area contributed by atoms with Crippen LogP contribution in [-0.2, 0) is 17.6 Å². The summed E-state index contributed by atoms with van der Waals surface area (Å²) in [6, 6.07) is 8.93. The number of nitriles is 1. The summed E-state index contributed by atoms with van der Waals surface area (Å²) in [7, 11) is 1.57. The van der Waals surface area contributed by atoms with Crippen LogP contribution >= 0.6 is 11.3 Å². The first-order valence-corrected chi connectivity index (χ1v) is 9.76. The van der Waals surface area contributed by atoms with Gasteiger partial charge in [0.15, 0.2) is 0 Å². The number of benzene rings is 1. The van der Waals surface area contributed by atoms with E-state index in [0.717, 1.165) is 29.7 Å². The number of nitrogens with two attached hydrogens (primary N) is 1. The minimum Gasteiger partial charge on any atom is -0.497 e. The third-order valence-corrected chi connectivity index (χ3v) is 5.95. The summed E-state index contributed by atoms with van der Waals surface area (Å²) in [5, 5.41) is 12.6. The van der Waals surface area contributed by atoms with Gasteiger partial charge >= 0.3 is 0 Å². The van der Waals surface area contributed by atoms with E-state index >= 15 is 0 Å². The van der Waals surface area contributed by atoms with Crippen LogP contribution < -0.4 is 15.8 Å². The average molecular weight is 395 g/mol. The molecule has 1 aromatic carbocycles. The molecule has 0 spiro atoms. The number of thiophene rings is 1. The first-order chi connectivity index (χ1) is 13.4. The molecule has 2 amide bonds. The summed E-state index contributed by atoms with van der Waals surface area (Å²) >= 11 is 1.38. The van der Waals surface area contributed by atoms with E-state index in [4.69, 9.17) is 10.5 Å². The van der Waals surface area contributed by atoms with Gasteiger partial charge in [0, 0.05) is 4.88 Å². The van der Waals surface area contributed by atoms with Gasteiger partial charge in [-0.15, -0.1) is 11.3 Å². The molecule has 0 unspecified atom stereocenters. The van der Waals surface area contributed by atoms with E-state index in [1.165, 1.54) is 17.4 Å². The van der Waals surface area contributed by atoms with Gasteiger partial charge in [0.05, 0.1) is 12.7 Å². The molecule has 0 fully saturated rings. The molecule has 1 atom stereocenters. The Hall–Kier alpha value is -3.11. The molecule has 1 aromatic heterocycles. The van der Waals surface area contributed by atoms with E-state index in [1.54, 1.807) is 31.4 Å². The van der Waals surface area contributed by atoms with Crippen LogP contribution in [0.3, 0.4) is 0 Å². The number of methoxy groups -OCH3 is 1. The molecule has 0 saturated carbocycles. The number of hydrogen-bond donors (Lipinski definition) is 2. The second-order valence-electron chi connectivity index (χ2n) is 6.82. The SMILES string of the molecule is COc1ccc(/C=C(/C#N)C(=O)Nc2sc3c(c2C(N)=O)CC[C@@H](C)C3)cc1. The zero-order valence-corrected chi connectivity index (χ0v) is 16.6. The maximum Gasteiger partial charge on any atom is 0.266 e. The van der Waals surface area contributed by atoms with E-state index in [0.29, 0.717) is 27.8 Å². The largest absolute Gasteiger partial charge is 0.497 e. The van der Waals surface area contributed by atoms with Crippen molar-refractivity contribution in [2.24, 2.45) is 11.7 Å². The topological polar surface area (TPSA) is 105 Å². The number of nitrogens with zero attached hydrogens (tertiary/aromatic N) is 1. The fraction of sp³-hybridized carbons (Fsp3) is 0.286. The van der Waals surface area contributed by atoms with Crippen LogP contribution in [0.1, 0.15) is 39.7 Å². The van der Waals surface area contributed by atoms with Gasteiger partial charge in [-0.2, -0.15) is 5.26 Å². The molecule has 2 aromatic rings. The van der Waals surface area contributed by atoms with Crippen molar-refractivity contribution < 1.29 is 14.3 Å². The zero-order valence-electron chi connectivity index (χ0n) is 15.7. The smallest absolute Gasteiger partial charge is 0.266 e. The van der Waals surface area contributed by atoms with Gasteiger partial charge in [-0.25, -0.2) is 0 Å². The molecule has 0 radical (unpaired) electrons. The first-order valence-electron chi connectivity index (χ1n) is 8.94. The molecule has 7 heteroatoms. The number of amides is 2. The van der Waals surface area contributed by atoms with E-state index in [1.807, 2.05) is 6.07 Å². The van der Waals surface area contributed by atoms with Crippen LogP contribution in [0, 0.1) is 17.2 Å². The molecule has 6 nitrogen and oxygen atoms in total. The number of hydrogen-bond acceptors (Lipinski definition) is 5. The van der Waals surface area contributed by atoms with Crippen LogP contribution in [0.4, 0.5) is 5.00 Å². The Kier molecular flexibility index (Phi) is 5.81. The van der Waals surface area contributed by atoms with Crippen LogP contribution in [0.25, 0.3) is 6.08 Å². The van der Waals surface area contributed by atoms with Crippen molar-refractivity contribution in [3.05, 3.63) is 51.4 Å². The summed E-state index contributed by atoms with van der Waals surface area (Å²) in [4.78, 5) is 25.7. The minimum absolute atomic E-state index is 0.0553. The number of carbonyl (C=O) groups excluding carboxylic acids is 2. The Morgan fingerprint density at radius 1 is 1.36 bits per heavy atom. The van der Waals surface area contributed by atoms with Crippen LogP contribution in [-0.4, -0.2) is 18.9 Å². The van der Waals surface area contributed by atoms with Gasteiger partial charge in [0.25, 0.3) is 11.8 Å². The summed E-state index contributed by atoms with van der Waals surface area (Å²) in [5.41, 5.74) is 7.53. The second kappa shape index (κ2) is 8.28. The van der Waals surface area contributed by atoms with Gasteiger partial charge < -0.3 is 15.8 Å². The number of fused-ring (bicyclic) bond motifs is 1. The predicted octanol–water partition coefficient (Wildman–Crippen LogP) is 3.53. The maximum absolute atomic E-state index is 12.7. The summed E-state index contributed by atoms with van der Waals surface area (Å²) < 4.78 is 5.10. The number of anilines is 1. The van der Waals surface area contributed by atoms with E-state index in [-0.39, 0.29) is 5.57 Å². The lowest BCUT2D eigenvalue weighted by Crippen LogP contribution is -2.19. The lowest BCUT2D eigenvalue weighted by Gasteiger charge is -2.18. The normalized spacial score (nSPS) is 16.0. The fourth-order valence-corrected chi connectivity index (χ4v) is 4.70. The van der Waals surface area contributed by atoms with Gasteiger partial charge in [-0.05, 0) is 54.5 Å². The Bertz CT molecular complexity index is 984. The van der Waals surface area contributed by atoms with E-state index < -0.39 is 11.8 Å². The van der Waals surface area contributed by atoms with Crippen molar-refractivity contribution in [3.63, 3.8) is 0 Å². The summed E-state index contributed by atoms with van der Waals surface area (Å²) in [6.45, 7) is 2.16. The molecule has 28 heavy (non-hydrogen) atoms. The van der Waals surface area contributed by atoms with Crippen molar-refractivity contribution in [2.45, 2.75) is 26.2 Å². The Morgan fingerprint density at radius 2 is 2.07 bits per heavy atom. The van der Waals surface area contributed by atoms with Crippen LogP contribution in [0.5, 0.6) is 5.75 Å². The molecule has 3 rings (SSSR count). The zero-order chi connectivity index (χ0) is 20.3.